The van der Waals surface area contributed by atoms with Crippen molar-refractivity contribution in [3.63, 3.8) is 0 Å². The largest absolute Gasteiger partial charge is 0.379 e. The predicted molar refractivity (Wildman–Crippen MR) is 136 cm³/mol. The second-order valence-electron chi connectivity index (χ2n) is 8.71. The third kappa shape index (κ3) is 5.04. The van der Waals surface area contributed by atoms with Crippen molar-refractivity contribution in [2.45, 2.75) is 18.5 Å². The molecule has 1 aromatic carbocycles. The number of nitrogens with zero attached hydrogens (tertiary/aromatic N) is 5. The summed E-state index contributed by atoms with van der Waals surface area (Å²) in [6, 6.07) is 16.4. The number of nitro benzene ring substituents is 1. The lowest BCUT2D eigenvalue weighted by atomic mass is 10.0. The molecule has 9 nitrogen and oxygen atoms in total. The number of morpholine rings is 1. The van der Waals surface area contributed by atoms with Gasteiger partial charge in [-0.3, -0.25) is 20.0 Å². The second-order valence-corrected chi connectivity index (χ2v) is 9.09. The number of ether oxygens (including phenoxy) is 1. The first-order valence-corrected chi connectivity index (χ1v) is 12.2. The summed E-state index contributed by atoms with van der Waals surface area (Å²) in [6.07, 6.45) is 4.69. The van der Waals surface area contributed by atoms with Gasteiger partial charge in [0.1, 0.15) is 0 Å². The maximum Gasteiger partial charge on any atom is 0.271 e. The van der Waals surface area contributed by atoms with Crippen LogP contribution >= 0.6 is 12.2 Å². The molecular weight excluding hydrogens is 464 g/mol. The molecule has 0 saturated carbocycles. The highest BCUT2D eigenvalue weighted by atomic mass is 32.1. The van der Waals surface area contributed by atoms with Gasteiger partial charge < -0.3 is 19.5 Å². The molecule has 5 rings (SSSR count). The summed E-state index contributed by atoms with van der Waals surface area (Å²) in [6.45, 7) is 5.25. The van der Waals surface area contributed by atoms with E-state index in [2.05, 4.69) is 26.2 Å². The van der Waals surface area contributed by atoms with Gasteiger partial charge in [0.2, 0.25) is 0 Å². The topological polar surface area (TPSA) is 88.7 Å². The normalized spacial score (nSPS) is 20.7. The highest BCUT2D eigenvalue weighted by Gasteiger charge is 2.41. The van der Waals surface area contributed by atoms with E-state index >= 15 is 0 Å². The van der Waals surface area contributed by atoms with Gasteiger partial charge in [0, 0.05) is 56.4 Å². The fourth-order valence-electron chi connectivity index (χ4n) is 4.88. The Kier molecular flexibility index (Phi) is 7.03. The molecule has 0 bridgehead atoms. The molecule has 2 atom stereocenters. The van der Waals surface area contributed by atoms with Gasteiger partial charge in [-0.2, -0.15) is 0 Å². The summed E-state index contributed by atoms with van der Waals surface area (Å²) in [5.74, 6) is 0. The molecule has 2 aromatic heterocycles. The minimum atomic E-state index is -0.368. The van der Waals surface area contributed by atoms with Gasteiger partial charge in [0.05, 0.1) is 41.6 Å². The number of thiocarbonyl (C=S) groups is 1. The lowest BCUT2D eigenvalue weighted by molar-refractivity contribution is -0.384. The Morgan fingerprint density at radius 2 is 1.97 bits per heavy atom. The molecule has 0 aliphatic carbocycles. The standard InChI is InChI=1S/C25H28N6O3S/c32-31(33)20-7-3-6-19(18-20)29-12-4-9-22(29)24-23(21-8-1-2-10-26-21)27-25(35)30(24)13-5-11-28-14-16-34-17-15-28/h1-4,6-10,12,18,23-24H,5,11,13-17H2,(H,27,35)/t23-,24+/m1/s1. The van der Waals surface area contributed by atoms with E-state index in [0.29, 0.717) is 5.11 Å². The second kappa shape index (κ2) is 10.5. The van der Waals surface area contributed by atoms with Crippen molar-refractivity contribution >= 4 is 23.0 Å². The van der Waals surface area contributed by atoms with Crippen molar-refractivity contribution in [3.8, 4) is 5.69 Å². The van der Waals surface area contributed by atoms with E-state index in [1.807, 2.05) is 41.1 Å². The Morgan fingerprint density at radius 1 is 1.11 bits per heavy atom. The molecule has 35 heavy (non-hydrogen) atoms. The van der Waals surface area contributed by atoms with Gasteiger partial charge in [0.15, 0.2) is 5.11 Å². The number of aromatic nitrogens is 2. The molecule has 1 N–H and O–H groups in total. The maximum atomic E-state index is 11.4. The Bertz CT molecular complexity index is 1180. The van der Waals surface area contributed by atoms with Crippen LogP contribution in [0.1, 0.15) is 29.9 Å². The minimum Gasteiger partial charge on any atom is -0.379 e. The Labute approximate surface area is 209 Å². The SMILES string of the molecule is O=[N+]([O-])c1cccc(-n2cccc2[C@H]2[C@@H](c3ccccn3)NC(=S)N2CCCN2CCOCC2)c1. The molecule has 0 unspecified atom stereocenters. The van der Waals surface area contributed by atoms with Crippen LogP contribution in [0.2, 0.25) is 0 Å². The van der Waals surface area contributed by atoms with Crippen LogP contribution in [0.25, 0.3) is 5.69 Å². The van der Waals surface area contributed by atoms with Crippen molar-refractivity contribution in [1.82, 2.24) is 24.7 Å². The van der Waals surface area contributed by atoms with Crippen LogP contribution in [0.15, 0.2) is 67.0 Å². The van der Waals surface area contributed by atoms with Crippen molar-refractivity contribution in [1.29, 1.82) is 0 Å². The van der Waals surface area contributed by atoms with Crippen LogP contribution in [-0.4, -0.2) is 68.8 Å². The highest BCUT2D eigenvalue weighted by molar-refractivity contribution is 7.80. The molecule has 4 heterocycles. The zero-order valence-electron chi connectivity index (χ0n) is 19.3. The summed E-state index contributed by atoms with van der Waals surface area (Å²) < 4.78 is 7.48. The number of non-ortho nitro benzene ring substituents is 1. The van der Waals surface area contributed by atoms with E-state index in [1.165, 1.54) is 6.07 Å². The minimum absolute atomic E-state index is 0.0610. The van der Waals surface area contributed by atoms with Gasteiger partial charge in [-0.05, 0) is 49.0 Å². The average Bonchev–Trinajstić information content (AvgIpc) is 3.50. The number of nitrogens with one attached hydrogen (secondary N) is 1. The summed E-state index contributed by atoms with van der Waals surface area (Å²) in [5.41, 5.74) is 2.71. The molecule has 2 aliphatic rings. The van der Waals surface area contributed by atoms with E-state index in [1.54, 1.807) is 18.3 Å². The fourth-order valence-corrected chi connectivity index (χ4v) is 5.22. The van der Waals surface area contributed by atoms with Gasteiger partial charge in [0.25, 0.3) is 5.69 Å². The third-order valence-corrected chi connectivity index (χ3v) is 6.93. The summed E-state index contributed by atoms with van der Waals surface area (Å²) in [7, 11) is 0. The van der Waals surface area contributed by atoms with Crippen LogP contribution in [0.3, 0.4) is 0 Å². The highest BCUT2D eigenvalue weighted by Crippen LogP contribution is 2.39. The van der Waals surface area contributed by atoms with Crippen molar-refractivity contribution in [2.24, 2.45) is 0 Å². The van der Waals surface area contributed by atoms with E-state index in [-0.39, 0.29) is 22.7 Å². The zero-order chi connectivity index (χ0) is 24.2. The molecule has 0 amide bonds. The first kappa shape index (κ1) is 23.4. The molecule has 3 aromatic rings. The smallest absolute Gasteiger partial charge is 0.271 e. The lowest BCUT2D eigenvalue weighted by Crippen LogP contribution is -2.39. The average molecular weight is 493 g/mol. The zero-order valence-corrected chi connectivity index (χ0v) is 20.1. The van der Waals surface area contributed by atoms with Crippen LogP contribution in [0, 0.1) is 10.1 Å². The molecule has 0 spiro atoms. The molecule has 2 aliphatic heterocycles. The molecule has 0 radical (unpaired) electrons. The monoisotopic (exact) mass is 492 g/mol. The van der Waals surface area contributed by atoms with E-state index in [4.69, 9.17) is 17.0 Å². The number of hydrogen-bond donors (Lipinski definition) is 1. The van der Waals surface area contributed by atoms with Crippen LogP contribution in [-0.2, 0) is 4.74 Å². The third-order valence-electron chi connectivity index (χ3n) is 6.58. The van der Waals surface area contributed by atoms with Crippen molar-refractivity contribution in [2.75, 3.05) is 39.4 Å². The number of benzene rings is 1. The van der Waals surface area contributed by atoms with Crippen LogP contribution in [0.5, 0.6) is 0 Å². The van der Waals surface area contributed by atoms with E-state index < -0.39 is 0 Å². The number of rotatable bonds is 8. The molecule has 10 heteroatoms. The van der Waals surface area contributed by atoms with Gasteiger partial charge in [-0.1, -0.05) is 12.1 Å². The maximum absolute atomic E-state index is 11.4. The van der Waals surface area contributed by atoms with Gasteiger partial charge in [-0.15, -0.1) is 0 Å². The summed E-state index contributed by atoms with van der Waals surface area (Å²) >= 11 is 5.81. The molecular formula is C25H28N6O3S. The van der Waals surface area contributed by atoms with Gasteiger partial charge >= 0.3 is 0 Å². The summed E-state index contributed by atoms with van der Waals surface area (Å²) in [4.78, 5) is 20.3. The number of pyridine rings is 1. The Balaban J connectivity index is 1.46. The molecule has 182 valence electrons. The first-order chi connectivity index (χ1) is 17.1. The molecule has 2 saturated heterocycles. The quantitative estimate of drug-likeness (QED) is 0.291. The summed E-state index contributed by atoms with van der Waals surface area (Å²) in [5, 5.41) is 15.6. The van der Waals surface area contributed by atoms with Crippen molar-refractivity contribution in [3.05, 3.63) is 88.5 Å². The number of nitro groups is 1. The van der Waals surface area contributed by atoms with Crippen LogP contribution < -0.4 is 5.32 Å². The first-order valence-electron chi connectivity index (χ1n) is 11.8. The number of hydrogen-bond acceptors (Lipinski definition) is 6. The lowest BCUT2D eigenvalue weighted by Gasteiger charge is -2.31. The van der Waals surface area contributed by atoms with Crippen molar-refractivity contribution < 1.29 is 9.66 Å². The fraction of sp³-hybridized carbons (Fsp3) is 0.360. The predicted octanol–water partition coefficient (Wildman–Crippen LogP) is 3.48. The Morgan fingerprint density at radius 3 is 2.74 bits per heavy atom. The Hall–Kier alpha value is -3.34. The van der Waals surface area contributed by atoms with Crippen LogP contribution in [0.4, 0.5) is 5.69 Å². The van der Waals surface area contributed by atoms with E-state index in [9.17, 15) is 10.1 Å². The van der Waals surface area contributed by atoms with E-state index in [0.717, 1.165) is 62.9 Å². The molecule has 2 fully saturated rings. The van der Waals surface area contributed by atoms with Gasteiger partial charge in [-0.25, -0.2) is 0 Å².